The first-order valence-electron chi connectivity index (χ1n) is 8.12. The van der Waals surface area contributed by atoms with Gasteiger partial charge in [-0.25, -0.2) is 0 Å². The van der Waals surface area contributed by atoms with Crippen molar-refractivity contribution in [1.82, 2.24) is 4.90 Å². The van der Waals surface area contributed by atoms with Gasteiger partial charge in [-0.05, 0) is 30.9 Å². The molecule has 1 aliphatic rings. The van der Waals surface area contributed by atoms with Gasteiger partial charge in [0.05, 0.1) is 5.41 Å². The molecule has 0 radical (unpaired) electrons. The van der Waals surface area contributed by atoms with Gasteiger partial charge in [0.15, 0.2) is 0 Å². The summed E-state index contributed by atoms with van der Waals surface area (Å²) in [6, 6.07) is 21.1. The van der Waals surface area contributed by atoms with Gasteiger partial charge in [-0.1, -0.05) is 60.7 Å². The van der Waals surface area contributed by atoms with Crippen LogP contribution in [0.2, 0.25) is 0 Å². The fourth-order valence-electron chi connectivity index (χ4n) is 3.36. The third kappa shape index (κ3) is 3.62. The van der Waals surface area contributed by atoms with Gasteiger partial charge in [-0.3, -0.25) is 9.69 Å². The average Bonchev–Trinajstić information content (AvgIpc) is 2.53. The Morgan fingerprint density at radius 3 is 1.83 bits per heavy atom. The van der Waals surface area contributed by atoms with Crippen LogP contribution in [0.3, 0.4) is 0 Å². The number of carboxylic acid groups (broad SMARTS) is 1. The molecule has 1 fully saturated rings. The molecule has 0 spiro atoms. The maximum absolute atomic E-state index is 11.4. The molecular formula is C20H23NO2. The molecule has 3 nitrogen and oxygen atoms in total. The molecule has 23 heavy (non-hydrogen) atoms. The van der Waals surface area contributed by atoms with Crippen LogP contribution >= 0.6 is 0 Å². The van der Waals surface area contributed by atoms with E-state index >= 15 is 0 Å². The zero-order valence-corrected chi connectivity index (χ0v) is 13.5. The Kier molecular flexibility index (Phi) is 4.49. The van der Waals surface area contributed by atoms with Crippen LogP contribution in [0.4, 0.5) is 0 Å². The molecule has 0 amide bonds. The van der Waals surface area contributed by atoms with Crippen LogP contribution in [0.15, 0.2) is 60.7 Å². The minimum Gasteiger partial charge on any atom is -0.481 e. The van der Waals surface area contributed by atoms with Gasteiger partial charge in [-0.2, -0.15) is 0 Å². The van der Waals surface area contributed by atoms with Crippen molar-refractivity contribution in [2.24, 2.45) is 5.41 Å². The minimum atomic E-state index is -0.673. The Morgan fingerprint density at radius 2 is 1.43 bits per heavy atom. The van der Waals surface area contributed by atoms with E-state index in [2.05, 4.69) is 53.4 Å². The van der Waals surface area contributed by atoms with Gasteiger partial charge < -0.3 is 5.11 Å². The number of hydrogen-bond donors (Lipinski definition) is 1. The number of nitrogens with zero attached hydrogens (tertiary/aromatic N) is 1. The minimum absolute atomic E-state index is 0.330. The Labute approximate surface area is 137 Å². The SMILES string of the molecule is CC1(C(=O)O)CC(N(Cc2ccccc2)Cc2ccccc2)C1. The molecule has 0 bridgehead atoms. The zero-order chi connectivity index (χ0) is 16.3. The lowest BCUT2D eigenvalue weighted by molar-refractivity contribution is -0.158. The van der Waals surface area contributed by atoms with Gasteiger partial charge >= 0.3 is 5.97 Å². The summed E-state index contributed by atoms with van der Waals surface area (Å²) >= 11 is 0. The summed E-state index contributed by atoms with van der Waals surface area (Å²) in [5.41, 5.74) is 1.98. The molecule has 2 aromatic carbocycles. The molecule has 120 valence electrons. The van der Waals surface area contributed by atoms with E-state index in [0.717, 1.165) is 25.9 Å². The predicted molar refractivity (Wildman–Crippen MR) is 90.9 cm³/mol. The number of benzene rings is 2. The Hall–Kier alpha value is -2.13. The van der Waals surface area contributed by atoms with Crippen LogP contribution in [-0.2, 0) is 17.9 Å². The van der Waals surface area contributed by atoms with E-state index in [9.17, 15) is 9.90 Å². The molecule has 3 heteroatoms. The van der Waals surface area contributed by atoms with Crippen LogP contribution < -0.4 is 0 Å². The fourth-order valence-corrected chi connectivity index (χ4v) is 3.36. The van der Waals surface area contributed by atoms with E-state index in [4.69, 9.17) is 0 Å². The van der Waals surface area contributed by atoms with Crippen LogP contribution in [0.25, 0.3) is 0 Å². The average molecular weight is 309 g/mol. The van der Waals surface area contributed by atoms with Crippen molar-refractivity contribution in [3.63, 3.8) is 0 Å². The lowest BCUT2D eigenvalue weighted by atomic mass is 9.66. The third-order valence-corrected chi connectivity index (χ3v) is 4.86. The van der Waals surface area contributed by atoms with Crippen molar-refractivity contribution < 1.29 is 9.90 Å². The fraction of sp³-hybridized carbons (Fsp3) is 0.350. The molecular weight excluding hydrogens is 286 g/mol. The summed E-state index contributed by atoms with van der Waals surface area (Å²) in [4.78, 5) is 13.8. The summed E-state index contributed by atoms with van der Waals surface area (Å²) in [5, 5.41) is 9.35. The normalized spacial score (nSPS) is 23.5. The monoisotopic (exact) mass is 309 g/mol. The van der Waals surface area contributed by atoms with Gasteiger partial charge in [-0.15, -0.1) is 0 Å². The molecule has 0 heterocycles. The van der Waals surface area contributed by atoms with Crippen molar-refractivity contribution in [2.45, 2.75) is 38.9 Å². The van der Waals surface area contributed by atoms with Gasteiger partial charge in [0.25, 0.3) is 0 Å². The van der Waals surface area contributed by atoms with Crippen LogP contribution in [0.1, 0.15) is 30.9 Å². The number of rotatable bonds is 6. The number of aliphatic carboxylic acids is 1. The molecule has 0 aliphatic heterocycles. The van der Waals surface area contributed by atoms with E-state index < -0.39 is 11.4 Å². The molecule has 0 unspecified atom stereocenters. The Balaban J connectivity index is 1.73. The zero-order valence-electron chi connectivity index (χ0n) is 13.5. The van der Waals surface area contributed by atoms with E-state index in [1.54, 1.807) is 0 Å². The predicted octanol–water partition coefficient (Wildman–Crippen LogP) is 3.94. The Bertz CT molecular complexity index is 606. The molecule has 1 saturated carbocycles. The number of hydrogen-bond acceptors (Lipinski definition) is 2. The van der Waals surface area contributed by atoms with Crippen molar-refractivity contribution >= 4 is 5.97 Å². The highest BCUT2D eigenvalue weighted by molar-refractivity contribution is 5.75. The number of carbonyl (C=O) groups is 1. The molecule has 0 saturated heterocycles. The summed E-state index contributed by atoms with van der Waals surface area (Å²) in [6.45, 7) is 3.57. The van der Waals surface area contributed by atoms with Crippen LogP contribution in [0, 0.1) is 5.41 Å². The maximum atomic E-state index is 11.4. The Morgan fingerprint density at radius 1 is 1.00 bits per heavy atom. The standard InChI is InChI=1S/C20H23NO2/c1-20(19(22)23)12-18(13-20)21(14-16-8-4-2-5-9-16)15-17-10-6-3-7-11-17/h2-11,18H,12-15H2,1H3,(H,22,23). The molecule has 0 aromatic heterocycles. The maximum Gasteiger partial charge on any atom is 0.309 e. The highest BCUT2D eigenvalue weighted by Crippen LogP contribution is 2.44. The largest absolute Gasteiger partial charge is 0.481 e. The lowest BCUT2D eigenvalue weighted by Crippen LogP contribution is -2.52. The van der Waals surface area contributed by atoms with Crippen LogP contribution in [-0.4, -0.2) is 22.0 Å². The third-order valence-electron chi connectivity index (χ3n) is 4.86. The van der Waals surface area contributed by atoms with Crippen molar-refractivity contribution in [1.29, 1.82) is 0 Å². The number of carboxylic acids is 1. The van der Waals surface area contributed by atoms with Crippen molar-refractivity contribution in [3.05, 3.63) is 71.8 Å². The molecule has 1 N–H and O–H groups in total. The quantitative estimate of drug-likeness (QED) is 0.878. The van der Waals surface area contributed by atoms with Gasteiger partial charge in [0.1, 0.15) is 0 Å². The second-order valence-corrected chi connectivity index (χ2v) is 6.80. The first-order valence-corrected chi connectivity index (χ1v) is 8.12. The van der Waals surface area contributed by atoms with Gasteiger partial charge in [0.2, 0.25) is 0 Å². The summed E-state index contributed by atoms with van der Waals surface area (Å²) in [6.07, 6.45) is 1.45. The summed E-state index contributed by atoms with van der Waals surface area (Å²) < 4.78 is 0. The van der Waals surface area contributed by atoms with Crippen molar-refractivity contribution in [2.75, 3.05) is 0 Å². The van der Waals surface area contributed by atoms with E-state index in [1.165, 1.54) is 11.1 Å². The van der Waals surface area contributed by atoms with E-state index in [1.807, 2.05) is 19.1 Å². The van der Waals surface area contributed by atoms with E-state index in [-0.39, 0.29) is 0 Å². The highest BCUT2D eigenvalue weighted by atomic mass is 16.4. The topological polar surface area (TPSA) is 40.5 Å². The lowest BCUT2D eigenvalue weighted by Gasteiger charge is -2.47. The smallest absolute Gasteiger partial charge is 0.309 e. The van der Waals surface area contributed by atoms with Gasteiger partial charge in [0, 0.05) is 19.1 Å². The molecule has 2 aromatic rings. The molecule has 3 rings (SSSR count). The van der Waals surface area contributed by atoms with Crippen molar-refractivity contribution in [3.8, 4) is 0 Å². The second-order valence-electron chi connectivity index (χ2n) is 6.80. The molecule has 1 aliphatic carbocycles. The van der Waals surface area contributed by atoms with Crippen LogP contribution in [0.5, 0.6) is 0 Å². The second kappa shape index (κ2) is 6.55. The summed E-state index contributed by atoms with van der Waals surface area (Å²) in [7, 11) is 0. The first kappa shape index (κ1) is 15.8. The summed E-state index contributed by atoms with van der Waals surface area (Å²) in [5.74, 6) is -0.673. The van der Waals surface area contributed by atoms with E-state index in [0.29, 0.717) is 6.04 Å². The highest BCUT2D eigenvalue weighted by Gasteiger charge is 2.48. The first-order chi connectivity index (χ1) is 11.1. The molecule has 0 atom stereocenters.